The van der Waals surface area contributed by atoms with Crippen molar-refractivity contribution in [3.8, 4) is 0 Å². The van der Waals surface area contributed by atoms with E-state index in [1.54, 1.807) is 0 Å². The Balaban J connectivity index is 4.08. The third kappa shape index (κ3) is 35.1. The molecule has 272 valence electrons. The Labute approximate surface area is 287 Å². The summed E-state index contributed by atoms with van der Waals surface area (Å²) in [5.74, 6) is 1.97. The molecule has 0 aliphatic heterocycles. The lowest BCUT2D eigenvalue weighted by Gasteiger charge is -2.22. The second-order valence-electron chi connectivity index (χ2n) is 15.3. The van der Waals surface area contributed by atoms with Crippen LogP contribution < -0.4 is 5.32 Å². The number of unbranched alkanes of at least 4 members (excludes halogenated alkanes) is 21. The highest BCUT2D eigenvalue weighted by molar-refractivity contribution is 4.64. The maximum atomic E-state index is 3.36. The molecule has 0 rings (SSSR count). The number of nitrogens with zero attached hydrogens (tertiary/aromatic N) is 1. The molecule has 0 aromatic heterocycles. The first-order valence-electron chi connectivity index (χ1n) is 21.5. The van der Waals surface area contributed by atoms with Gasteiger partial charge in [-0.05, 0) is 64.3 Å². The summed E-state index contributed by atoms with van der Waals surface area (Å²) < 4.78 is 0. The zero-order valence-electron chi connectivity index (χ0n) is 32.6. The number of rotatable bonds is 39. The molecule has 2 heteroatoms. The van der Waals surface area contributed by atoms with E-state index in [1.807, 2.05) is 0 Å². The maximum Gasteiger partial charge on any atom is -0.000664 e. The Bertz CT molecular complexity index is 504. The lowest BCUT2D eigenvalue weighted by atomic mass is 9.89. The Kier molecular flexibility index (Phi) is 38.3. The molecule has 0 saturated carbocycles. The van der Waals surface area contributed by atoms with E-state index in [1.165, 1.54) is 225 Å². The topological polar surface area (TPSA) is 15.3 Å². The minimum atomic E-state index is 0.949. The molecule has 0 aliphatic rings. The van der Waals surface area contributed by atoms with Crippen molar-refractivity contribution in [2.75, 3.05) is 33.2 Å². The Morgan fingerprint density at radius 3 is 1.11 bits per heavy atom. The van der Waals surface area contributed by atoms with Crippen LogP contribution in [0.2, 0.25) is 0 Å². The second kappa shape index (κ2) is 38.4. The highest BCUT2D eigenvalue weighted by atomic mass is 15.1. The Morgan fingerprint density at radius 1 is 0.378 bits per heavy atom. The van der Waals surface area contributed by atoms with E-state index in [0.29, 0.717) is 0 Å². The third-order valence-corrected chi connectivity index (χ3v) is 10.6. The van der Waals surface area contributed by atoms with Gasteiger partial charge in [0.2, 0.25) is 0 Å². The van der Waals surface area contributed by atoms with Gasteiger partial charge in [0.25, 0.3) is 0 Å². The van der Waals surface area contributed by atoms with Gasteiger partial charge in [-0.2, -0.15) is 0 Å². The van der Waals surface area contributed by atoms with Gasteiger partial charge in [0.15, 0.2) is 0 Å². The first kappa shape index (κ1) is 44.9. The molecule has 2 nitrogen and oxygen atoms in total. The molecule has 1 atom stereocenters. The van der Waals surface area contributed by atoms with Crippen LogP contribution in [0.3, 0.4) is 0 Å². The Morgan fingerprint density at radius 2 is 0.689 bits per heavy atom. The number of nitrogens with one attached hydrogen (secondary N) is 1. The van der Waals surface area contributed by atoms with Crippen molar-refractivity contribution in [3.63, 3.8) is 0 Å². The van der Waals surface area contributed by atoms with Crippen molar-refractivity contribution >= 4 is 0 Å². The lowest BCUT2D eigenvalue weighted by molar-refractivity contribution is 0.256. The quantitative estimate of drug-likeness (QED) is 0.0677. The molecule has 0 spiro atoms. The smallest absolute Gasteiger partial charge is 0.000664 e. The molecular formula is C43H90N2. The normalized spacial score (nSPS) is 12.6. The molecule has 0 amide bonds. The van der Waals surface area contributed by atoms with E-state index in [4.69, 9.17) is 0 Å². The highest BCUT2D eigenvalue weighted by Crippen LogP contribution is 2.25. The fourth-order valence-electron chi connectivity index (χ4n) is 7.40. The predicted molar refractivity (Wildman–Crippen MR) is 208 cm³/mol. The van der Waals surface area contributed by atoms with Gasteiger partial charge in [0.05, 0.1) is 0 Å². The molecule has 0 aliphatic carbocycles. The molecule has 1 unspecified atom stereocenters. The second-order valence-corrected chi connectivity index (χ2v) is 15.3. The van der Waals surface area contributed by atoms with Crippen LogP contribution in [0.5, 0.6) is 0 Å². The van der Waals surface area contributed by atoms with Crippen LogP contribution in [0, 0.1) is 11.8 Å². The standard InChI is InChI=1S/C43H90N2/c1-6-9-12-14-20-27-35-43(36-28-21-15-13-10-7-2)37-29-22-18-24-31-40-45(41-32-38-44-5)39-30-23-17-16-19-26-34-42(4)33-25-11-8-3/h42-44H,6-41H2,1-5H3. The monoisotopic (exact) mass is 635 g/mol. The summed E-state index contributed by atoms with van der Waals surface area (Å²) in [6.07, 6.45) is 46.4. The van der Waals surface area contributed by atoms with E-state index in [0.717, 1.165) is 18.4 Å². The summed E-state index contributed by atoms with van der Waals surface area (Å²) in [5.41, 5.74) is 0. The fraction of sp³-hybridized carbons (Fsp3) is 1.00. The third-order valence-electron chi connectivity index (χ3n) is 10.6. The van der Waals surface area contributed by atoms with Gasteiger partial charge in [0, 0.05) is 0 Å². The molecular weight excluding hydrogens is 544 g/mol. The Hall–Kier alpha value is -0.0800. The minimum Gasteiger partial charge on any atom is -0.320 e. The lowest BCUT2D eigenvalue weighted by Crippen LogP contribution is -2.29. The minimum absolute atomic E-state index is 0.949. The SMILES string of the molecule is CCCCCCCCC(CCCCCCCC)CCCCCCCN(CCCCCCCCC(C)CCCCC)CCCNC. The van der Waals surface area contributed by atoms with Crippen LogP contribution >= 0.6 is 0 Å². The zero-order valence-corrected chi connectivity index (χ0v) is 32.6. The highest BCUT2D eigenvalue weighted by Gasteiger charge is 2.10. The average molecular weight is 635 g/mol. The van der Waals surface area contributed by atoms with Crippen LogP contribution in [0.15, 0.2) is 0 Å². The van der Waals surface area contributed by atoms with Gasteiger partial charge in [-0.15, -0.1) is 0 Å². The van der Waals surface area contributed by atoms with Crippen molar-refractivity contribution in [2.24, 2.45) is 11.8 Å². The van der Waals surface area contributed by atoms with Crippen LogP contribution in [0.25, 0.3) is 0 Å². The summed E-state index contributed by atoms with van der Waals surface area (Å²) in [5, 5.41) is 3.36. The number of hydrogen-bond donors (Lipinski definition) is 1. The molecule has 45 heavy (non-hydrogen) atoms. The fourth-order valence-corrected chi connectivity index (χ4v) is 7.40. The van der Waals surface area contributed by atoms with Crippen molar-refractivity contribution in [1.82, 2.24) is 10.2 Å². The van der Waals surface area contributed by atoms with Crippen LogP contribution in [0.1, 0.15) is 233 Å². The average Bonchev–Trinajstić information content (AvgIpc) is 3.04. The summed E-state index contributed by atoms with van der Waals surface area (Å²) in [6.45, 7) is 14.6. The molecule has 0 aromatic rings. The van der Waals surface area contributed by atoms with E-state index < -0.39 is 0 Å². The molecule has 0 bridgehead atoms. The predicted octanol–water partition coefficient (Wildman–Crippen LogP) is 14.3. The van der Waals surface area contributed by atoms with Crippen LogP contribution in [0.4, 0.5) is 0 Å². The van der Waals surface area contributed by atoms with Gasteiger partial charge in [-0.3, -0.25) is 0 Å². The molecule has 1 N–H and O–H groups in total. The first-order valence-corrected chi connectivity index (χ1v) is 21.5. The first-order chi connectivity index (χ1) is 22.2. The maximum absolute atomic E-state index is 3.36. The van der Waals surface area contributed by atoms with Crippen molar-refractivity contribution in [3.05, 3.63) is 0 Å². The van der Waals surface area contributed by atoms with Crippen LogP contribution in [-0.4, -0.2) is 38.1 Å². The van der Waals surface area contributed by atoms with E-state index in [-0.39, 0.29) is 0 Å². The van der Waals surface area contributed by atoms with Crippen molar-refractivity contribution in [2.45, 2.75) is 233 Å². The van der Waals surface area contributed by atoms with Gasteiger partial charge >= 0.3 is 0 Å². The largest absolute Gasteiger partial charge is 0.320 e. The summed E-state index contributed by atoms with van der Waals surface area (Å²) in [6, 6.07) is 0. The van der Waals surface area contributed by atoms with Gasteiger partial charge in [-0.25, -0.2) is 0 Å². The van der Waals surface area contributed by atoms with Crippen molar-refractivity contribution < 1.29 is 0 Å². The zero-order chi connectivity index (χ0) is 32.9. The number of hydrogen-bond acceptors (Lipinski definition) is 2. The van der Waals surface area contributed by atoms with Gasteiger partial charge in [0.1, 0.15) is 0 Å². The van der Waals surface area contributed by atoms with E-state index >= 15 is 0 Å². The van der Waals surface area contributed by atoms with E-state index in [9.17, 15) is 0 Å². The molecule has 0 saturated heterocycles. The molecule has 0 fully saturated rings. The molecule has 0 heterocycles. The van der Waals surface area contributed by atoms with Gasteiger partial charge < -0.3 is 10.2 Å². The molecule has 0 radical (unpaired) electrons. The van der Waals surface area contributed by atoms with Crippen molar-refractivity contribution in [1.29, 1.82) is 0 Å². The summed E-state index contributed by atoms with van der Waals surface area (Å²) in [4.78, 5) is 2.80. The van der Waals surface area contributed by atoms with Crippen LogP contribution in [-0.2, 0) is 0 Å². The van der Waals surface area contributed by atoms with E-state index in [2.05, 4.69) is 45.0 Å². The molecule has 0 aromatic carbocycles. The van der Waals surface area contributed by atoms with Gasteiger partial charge in [-0.1, -0.05) is 214 Å². The summed E-state index contributed by atoms with van der Waals surface area (Å²) >= 11 is 0. The summed E-state index contributed by atoms with van der Waals surface area (Å²) in [7, 11) is 2.10.